The summed E-state index contributed by atoms with van der Waals surface area (Å²) < 4.78 is 0.720. The van der Waals surface area contributed by atoms with E-state index < -0.39 is 0 Å². The van der Waals surface area contributed by atoms with Crippen LogP contribution in [0.25, 0.3) is 11.0 Å². The number of benzene rings is 1. The van der Waals surface area contributed by atoms with Crippen molar-refractivity contribution in [3.05, 3.63) is 34.2 Å². The van der Waals surface area contributed by atoms with Gasteiger partial charge in [-0.3, -0.25) is 5.32 Å². The Kier molecular flexibility index (Phi) is 3.30. The second-order valence-corrected chi connectivity index (χ2v) is 5.46. The molecule has 1 N–H and O–H groups in total. The number of nitrogens with zero attached hydrogens (tertiary/aromatic N) is 3. The second kappa shape index (κ2) is 5.11. The number of fused-ring (bicyclic) bond motifs is 1. The normalized spacial score (nSPS) is 16.4. The van der Waals surface area contributed by atoms with Crippen LogP contribution in [-0.4, -0.2) is 11.1 Å². The highest BCUT2D eigenvalue weighted by Gasteiger charge is 2.24. The molecule has 0 amide bonds. The average Bonchev–Trinajstić information content (AvgIpc) is 2.45. The smallest absolute Gasteiger partial charge is 0.461 e. The molecule has 1 aromatic carbocycles. The van der Waals surface area contributed by atoms with Gasteiger partial charge in [0.05, 0.1) is 6.04 Å². The van der Waals surface area contributed by atoms with Crippen LogP contribution in [0.1, 0.15) is 37.7 Å². The Hall–Kier alpha value is -2.11. The maximum Gasteiger partial charge on any atom is 0.461 e. The van der Waals surface area contributed by atoms with Crippen LogP contribution in [0.4, 0.5) is 5.95 Å². The molecule has 6 heteroatoms. The molecule has 106 valence electrons. The number of hydrogen-bond donors (Lipinski definition) is 1. The molecule has 2 aromatic rings. The molecular weight excluding hydrogens is 256 g/mol. The topological polar surface area (TPSA) is 78.8 Å². The van der Waals surface area contributed by atoms with E-state index >= 15 is 0 Å². The van der Waals surface area contributed by atoms with Gasteiger partial charge >= 0.3 is 5.95 Å². The van der Waals surface area contributed by atoms with Gasteiger partial charge in [-0.15, -0.1) is 0 Å². The summed E-state index contributed by atoms with van der Waals surface area (Å²) in [4.78, 5) is 0.530. The van der Waals surface area contributed by atoms with Crippen LogP contribution in [-0.2, 0) is 0 Å². The third kappa shape index (κ3) is 2.33. The SMILES string of the molecule is Cc1ccc2c(c1)[n+]([O-])nc(NC1CCCCC1)[n+]2[O-]. The van der Waals surface area contributed by atoms with Crippen molar-refractivity contribution in [2.75, 3.05) is 5.32 Å². The molecule has 6 nitrogen and oxygen atoms in total. The minimum atomic E-state index is 0.100. The van der Waals surface area contributed by atoms with Crippen molar-refractivity contribution in [3.63, 3.8) is 0 Å². The van der Waals surface area contributed by atoms with E-state index in [1.807, 2.05) is 13.0 Å². The lowest BCUT2D eigenvalue weighted by molar-refractivity contribution is -0.672. The summed E-state index contributed by atoms with van der Waals surface area (Å²) in [5.41, 5.74) is 1.57. The molecule has 1 aromatic heterocycles. The lowest BCUT2D eigenvalue weighted by Crippen LogP contribution is -2.45. The fraction of sp³-hybridized carbons (Fsp3) is 0.500. The first-order chi connectivity index (χ1) is 9.65. The number of hydrogen-bond acceptors (Lipinski definition) is 4. The zero-order chi connectivity index (χ0) is 14.1. The van der Waals surface area contributed by atoms with Crippen LogP contribution in [0, 0.1) is 17.3 Å². The van der Waals surface area contributed by atoms with E-state index in [2.05, 4.69) is 10.4 Å². The van der Waals surface area contributed by atoms with E-state index in [-0.39, 0.29) is 12.0 Å². The van der Waals surface area contributed by atoms with Crippen molar-refractivity contribution in [2.45, 2.75) is 45.1 Å². The molecule has 1 aliphatic rings. The molecule has 1 saturated carbocycles. The summed E-state index contributed by atoms with van der Waals surface area (Å²) >= 11 is 0. The van der Waals surface area contributed by atoms with Crippen LogP contribution >= 0.6 is 0 Å². The van der Waals surface area contributed by atoms with Crippen LogP contribution in [0.5, 0.6) is 0 Å². The van der Waals surface area contributed by atoms with Crippen LogP contribution in [0.15, 0.2) is 18.2 Å². The molecule has 0 spiro atoms. The molecule has 0 saturated heterocycles. The van der Waals surface area contributed by atoms with Gasteiger partial charge in [-0.1, -0.05) is 25.3 Å². The Morgan fingerprint density at radius 2 is 1.90 bits per heavy atom. The molecule has 0 unspecified atom stereocenters. The second-order valence-electron chi connectivity index (χ2n) is 5.46. The van der Waals surface area contributed by atoms with Gasteiger partial charge in [0.2, 0.25) is 5.10 Å². The highest BCUT2D eigenvalue weighted by atomic mass is 16.5. The van der Waals surface area contributed by atoms with Crippen molar-refractivity contribution in [1.82, 2.24) is 5.10 Å². The maximum atomic E-state index is 12.3. The zero-order valence-corrected chi connectivity index (χ0v) is 11.5. The average molecular weight is 274 g/mol. The molecule has 0 bridgehead atoms. The van der Waals surface area contributed by atoms with Gasteiger partial charge in [0.15, 0.2) is 5.52 Å². The molecule has 1 heterocycles. The number of aryl methyl sites for hydroxylation is 1. The zero-order valence-electron chi connectivity index (χ0n) is 11.5. The minimum Gasteiger partial charge on any atom is -0.739 e. The van der Waals surface area contributed by atoms with Gasteiger partial charge in [-0.05, 0) is 31.4 Å². The molecule has 0 atom stereocenters. The predicted molar refractivity (Wildman–Crippen MR) is 74.9 cm³/mol. The Bertz CT molecular complexity index is 639. The van der Waals surface area contributed by atoms with Gasteiger partial charge in [0.25, 0.3) is 5.52 Å². The Labute approximate surface area is 117 Å². The van der Waals surface area contributed by atoms with Crippen molar-refractivity contribution in [3.8, 4) is 0 Å². The van der Waals surface area contributed by atoms with Crippen molar-refractivity contribution >= 4 is 17.0 Å². The fourth-order valence-corrected chi connectivity index (χ4v) is 2.77. The van der Waals surface area contributed by atoms with Crippen LogP contribution < -0.4 is 14.9 Å². The highest BCUT2D eigenvalue weighted by Crippen LogP contribution is 2.20. The number of anilines is 1. The van der Waals surface area contributed by atoms with Crippen LogP contribution in [0.2, 0.25) is 0 Å². The predicted octanol–water partition coefficient (Wildman–Crippen LogP) is 1.55. The maximum absolute atomic E-state index is 12.3. The minimum absolute atomic E-state index is 0.100. The summed E-state index contributed by atoms with van der Waals surface area (Å²) in [6.07, 6.45) is 5.59. The monoisotopic (exact) mass is 274 g/mol. The first-order valence-corrected chi connectivity index (χ1v) is 7.05. The quantitative estimate of drug-likeness (QED) is 0.665. The molecule has 1 fully saturated rings. The van der Waals surface area contributed by atoms with Crippen molar-refractivity contribution in [1.29, 1.82) is 0 Å². The van der Waals surface area contributed by atoms with Gasteiger partial charge < -0.3 is 10.4 Å². The van der Waals surface area contributed by atoms with Gasteiger partial charge in [0.1, 0.15) is 0 Å². The Balaban J connectivity index is 1.99. The third-order valence-corrected chi connectivity index (χ3v) is 3.87. The largest absolute Gasteiger partial charge is 0.739 e. The molecule has 0 radical (unpaired) electrons. The summed E-state index contributed by atoms with van der Waals surface area (Å²) in [6, 6.07) is 5.40. The van der Waals surface area contributed by atoms with Crippen LogP contribution in [0.3, 0.4) is 0 Å². The molecule has 1 aliphatic carbocycles. The first kappa shape index (κ1) is 12.9. The molecule has 20 heavy (non-hydrogen) atoms. The first-order valence-electron chi connectivity index (χ1n) is 7.05. The molecule has 3 rings (SSSR count). The number of rotatable bonds is 2. The Morgan fingerprint density at radius 1 is 1.15 bits per heavy atom. The summed E-state index contributed by atoms with van der Waals surface area (Å²) in [5.74, 6) is 0.100. The summed E-state index contributed by atoms with van der Waals surface area (Å²) in [5, 5.41) is 31.2. The van der Waals surface area contributed by atoms with Gasteiger partial charge in [0, 0.05) is 10.9 Å². The van der Waals surface area contributed by atoms with E-state index in [1.165, 1.54) is 6.42 Å². The van der Waals surface area contributed by atoms with E-state index in [0.29, 0.717) is 15.9 Å². The highest BCUT2D eigenvalue weighted by molar-refractivity contribution is 5.68. The summed E-state index contributed by atoms with van der Waals surface area (Å²) in [6.45, 7) is 1.88. The lowest BCUT2D eigenvalue weighted by Gasteiger charge is -2.20. The summed E-state index contributed by atoms with van der Waals surface area (Å²) in [7, 11) is 0. The van der Waals surface area contributed by atoms with Gasteiger partial charge in [-0.25, -0.2) is 4.73 Å². The standard InChI is InChI=1S/C14H18N4O2/c1-10-7-8-12-13(9-10)18(20)16-14(17(12)19)15-11-5-3-2-4-6-11/h7-9,11H,2-6H2,1H3,(H,15,16). The fourth-order valence-electron chi connectivity index (χ4n) is 2.77. The van der Waals surface area contributed by atoms with Gasteiger partial charge in [-0.2, -0.15) is 0 Å². The molecule has 0 aliphatic heterocycles. The van der Waals surface area contributed by atoms with E-state index in [0.717, 1.165) is 36.0 Å². The van der Waals surface area contributed by atoms with E-state index in [1.54, 1.807) is 12.1 Å². The van der Waals surface area contributed by atoms with Crippen molar-refractivity contribution in [2.24, 2.45) is 0 Å². The number of nitrogens with one attached hydrogen (secondary N) is 1. The third-order valence-electron chi connectivity index (χ3n) is 3.87. The molecular formula is C14H18N4O2. The number of aromatic nitrogens is 3. The Morgan fingerprint density at radius 3 is 2.65 bits per heavy atom. The van der Waals surface area contributed by atoms with E-state index in [9.17, 15) is 10.4 Å². The lowest BCUT2D eigenvalue weighted by atomic mass is 9.96. The van der Waals surface area contributed by atoms with Crippen molar-refractivity contribution < 1.29 is 9.58 Å². The van der Waals surface area contributed by atoms with E-state index in [4.69, 9.17) is 0 Å².